The van der Waals surface area contributed by atoms with Gasteiger partial charge in [-0.25, -0.2) is 5.10 Å². The van der Waals surface area contributed by atoms with Gasteiger partial charge >= 0.3 is 0 Å². The second kappa shape index (κ2) is 2.86. The summed E-state index contributed by atoms with van der Waals surface area (Å²) in [6.45, 7) is 0. The third-order valence-electron chi connectivity index (χ3n) is 1.32. The molecule has 0 saturated heterocycles. The molecule has 0 aliphatic heterocycles. The summed E-state index contributed by atoms with van der Waals surface area (Å²) in [6, 6.07) is 5.48. The van der Waals surface area contributed by atoms with Gasteiger partial charge in [-0.05, 0) is 24.4 Å². The Morgan fingerprint density at radius 3 is 2.92 bits per heavy atom. The summed E-state index contributed by atoms with van der Waals surface area (Å²) < 4.78 is 5.06. The maximum atomic E-state index is 5.06. The van der Waals surface area contributed by atoms with Crippen LogP contribution in [0.15, 0.2) is 28.8 Å². The molecule has 0 spiro atoms. The van der Waals surface area contributed by atoms with Gasteiger partial charge in [0.1, 0.15) is 5.69 Å². The maximum absolute atomic E-state index is 5.06. The molecule has 0 radical (unpaired) electrons. The van der Waals surface area contributed by atoms with E-state index in [9.17, 15) is 0 Å². The van der Waals surface area contributed by atoms with Crippen molar-refractivity contribution < 1.29 is 4.42 Å². The molecule has 4 nitrogen and oxygen atoms in total. The summed E-state index contributed by atoms with van der Waals surface area (Å²) in [4.78, 5) is 4.30. The van der Waals surface area contributed by atoms with Gasteiger partial charge in [-0.15, -0.1) is 5.10 Å². The van der Waals surface area contributed by atoms with Crippen LogP contribution in [0.5, 0.6) is 0 Å². The van der Waals surface area contributed by atoms with Crippen LogP contribution in [0.25, 0.3) is 11.6 Å². The van der Waals surface area contributed by atoms with Crippen molar-refractivity contribution in [1.82, 2.24) is 15.2 Å². The van der Waals surface area contributed by atoms with Gasteiger partial charge < -0.3 is 4.42 Å². The molecule has 0 aliphatic carbocycles. The second-order valence-electron chi connectivity index (χ2n) is 2.13. The predicted octanol–water partition coefficient (Wildman–Crippen LogP) is 1.79. The molecule has 0 saturated carbocycles. The standard InChI is InChI=1S/C7H5N3OS/c12-7-10-9-6(11-7)5-3-1-2-4-8-5/h1-4H,(H,10,12). The zero-order valence-electron chi connectivity index (χ0n) is 6.02. The summed E-state index contributed by atoms with van der Waals surface area (Å²) >= 11 is 4.72. The zero-order chi connectivity index (χ0) is 8.39. The Kier molecular flexibility index (Phi) is 1.71. The molecular weight excluding hydrogens is 174 g/mol. The molecule has 2 heterocycles. The molecule has 0 atom stereocenters. The fourth-order valence-corrected chi connectivity index (χ4v) is 0.953. The van der Waals surface area contributed by atoms with Gasteiger partial charge in [0.05, 0.1) is 0 Å². The molecular formula is C7H5N3OS. The fourth-order valence-electron chi connectivity index (χ4n) is 0.829. The van der Waals surface area contributed by atoms with E-state index in [1.165, 1.54) is 0 Å². The molecule has 2 aromatic rings. The Hall–Kier alpha value is -1.49. The minimum absolute atomic E-state index is 0.260. The average Bonchev–Trinajstić information content (AvgIpc) is 2.54. The maximum Gasteiger partial charge on any atom is 0.284 e. The number of nitrogens with one attached hydrogen (secondary N) is 1. The summed E-state index contributed by atoms with van der Waals surface area (Å²) in [5, 5.41) is 6.35. The Bertz CT molecular complexity index is 419. The van der Waals surface area contributed by atoms with Crippen LogP contribution in [-0.2, 0) is 0 Å². The van der Waals surface area contributed by atoms with Crippen molar-refractivity contribution >= 4 is 12.2 Å². The van der Waals surface area contributed by atoms with Gasteiger partial charge in [-0.1, -0.05) is 6.07 Å². The van der Waals surface area contributed by atoms with Crippen LogP contribution in [0.3, 0.4) is 0 Å². The molecule has 0 amide bonds. The van der Waals surface area contributed by atoms with Gasteiger partial charge in [-0.2, -0.15) is 0 Å². The number of hydrogen-bond donors (Lipinski definition) is 1. The van der Waals surface area contributed by atoms with Crippen LogP contribution in [0.2, 0.25) is 0 Å². The van der Waals surface area contributed by atoms with Gasteiger partial charge in [0, 0.05) is 6.20 Å². The minimum atomic E-state index is 0.260. The highest BCUT2D eigenvalue weighted by Crippen LogP contribution is 2.11. The van der Waals surface area contributed by atoms with Crippen molar-refractivity contribution in [2.75, 3.05) is 0 Å². The summed E-state index contributed by atoms with van der Waals surface area (Å²) in [7, 11) is 0. The SMILES string of the molecule is S=c1[nH]nc(-c2ccccn2)o1. The number of pyridine rings is 1. The van der Waals surface area contributed by atoms with Crippen LogP contribution >= 0.6 is 12.2 Å². The van der Waals surface area contributed by atoms with Crippen molar-refractivity contribution in [2.45, 2.75) is 0 Å². The monoisotopic (exact) mass is 179 g/mol. The Labute approximate surface area is 73.3 Å². The average molecular weight is 179 g/mol. The normalized spacial score (nSPS) is 10.0. The molecule has 5 heteroatoms. The largest absolute Gasteiger partial charge is 0.408 e. The third-order valence-corrected chi connectivity index (χ3v) is 1.50. The molecule has 2 rings (SSSR count). The second-order valence-corrected chi connectivity index (χ2v) is 2.50. The predicted molar refractivity (Wildman–Crippen MR) is 44.9 cm³/mol. The smallest absolute Gasteiger partial charge is 0.284 e. The first-order valence-corrected chi connectivity index (χ1v) is 3.74. The Morgan fingerprint density at radius 1 is 1.42 bits per heavy atom. The van der Waals surface area contributed by atoms with Crippen molar-refractivity contribution in [3.05, 3.63) is 29.2 Å². The first kappa shape index (κ1) is 7.17. The van der Waals surface area contributed by atoms with Gasteiger partial charge in [0.25, 0.3) is 10.7 Å². The minimum Gasteiger partial charge on any atom is -0.408 e. The fraction of sp³-hybridized carbons (Fsp3) is 0. The number of nitrogens with zero attached hydrogens (tertiary/aromatic N) is 2. The van der Waals surface area contributed by atoms with Gasteiger partial charge in [0.2, 0.25) is 0 Å². The Morgan fingerprint density at radius 2 is 2.33 bits per heavy atom. The molecule has 0 aromatic carbocycles. The van der Waals surface area contributed by atoms with Gasteiger partial charge in [0.15, 0.2) is 0 Å². The van der Waals surface area contributed by atoms with E-state index in [2.05, 4.69) is 15.2 Å². The lowest BCUT2D eigenvalue weighted by molar-refractivity contribution is 0.550. The molecule has 0 aliphatic rings. The lowest BCUT2D eigenvalue weighted by Gasteiger charge is -1.89. The number of rotatable bonds is 1. The summed E-state index contributed by atoms with van der Waals surface area (Å²) in [6.07, 6.45) is 1.67. The van der Waals surface area contributed by atoms with E-state index in [0.717, 1.165) is 0 Å². The van der Waals surface area contributed by atoms with Crippen molar-refractivity contribution in [3.8, 4) is 11.6 Å². The highest BCUT2D eigenvalue weighted by molar-refractivity contribution is 7.71. The van der Waals surface area contributed by atoms with Gasteiger partial charge in [-0.3, -0.25) is 4.98 Å². The zero-order valence-corrected chi connectivity index (χ0v) is 6.84. The van der Waals surface area contributed by atoms with E-state index in [0.29, 0.717) is 11.6 Å². The lowest BCUT2D eigenvalue weighted by Crippen LogP contribution is -1.80. The first-order chi connectivity index (χ1) is 5.86. The highest BCUT2D eigenvalue weighted by atomic mass is 32.1. The Balaban J connectivity index is 2.51. The van der Waals surface area contributed by atoms with Crippen molar-refractivity contribution in [3.63, 3.8) is 0 Å². The van der Waals surface area contributed by atoms with Crippen LogP contribution in [0, 0.1) is 4.84 Å². The van der Waals surface area contributed by atoms with Crippen LogP contribution in [0.4, 0.5) is 0 Å². The van der Waals surface area contributed by atoms with E-state index in [4.69, 9.17) is 16.6 Å². The number of aromatic amines is 1. The first-order valence-electron chi connectivity index (χ1n) is 3.33. The molecule has 0 fully saturated rings. The molecule has 2 aromatic heterocycles. The van der Waals surface area contributed by atoms with Crippen LogP contribution in [0.1, 0.15) is 0 Å². The summed E-state index contributed by atoms with van der Waals surface area (Å²) in [5.74, 6) is 0.417. The topological polar surface area (TPSA) is 54.7 Å². The lowest BCUT2D eigenvalue weighted by atomic mass is 10.3. The van der Waals surface area contributed by atoms with E-state index < -0.39 is 0 Å². The van der Waals surface area contributed by atoms with E-state index in [-0.39, 0.29) is 4.84 Å². The van der Waals surface area contributed by atoms with Crippen LogP contribution < -0.4 is 0 Å². The van der Waals surface area contributed by atoms with Crippen LogP contribution in [-0.4, -0.2) is 15.2 Å². The highest BCUT2D eigenvalue weighted by Gasteiger charge is 2.02. The summed E-state index contributed by atoms with van der Waals surface area (Å²) in [5.41, 5.74) is 0.671. The van der Waals surface area contributed by atoms with Crippen molar-refractivity contribution in [1.29, 1.82) is 0 Å². The molecule has 60 valence electrons. The van der Waals surface area contributed by atoms with Crippen molar-refractivity contribution in [2.24, 2.45) is 0 Å². The third kappa shape index (κ3) is 1.26. The molecule has 0 bridgehead atoms. The van der Waals surface area contributed by atoms with E-state index in [1.807, 2.05) is 12.1 Å². The molecule has 12 heavy (non-hydrogen) atoms. The van der Waals surface area contributed by atoms with E-state index in [1.54, 1.807) is 12.3 Å². The number of aromatic nitrogens is 3. The quantitative estimate of drug-likeness (QED) is 0.678. The molecule has 0 unspecified atom stereocenters. The number of H-pyrrole nitrogens is 1. The molecule has 1 N–H and O–H groups in total. The van der Waals surface area contributed by atoms with E-state index >= 15 is 0 Å². The number of hydrogen-bond acceptors (Lipinski definition) is 4.